The standard InChI is InChI=1S/C14H14BrClFNS/c1-8-5-13(19-14(8)15)12(18-2)7-9-6-10(17)3-4-11(9)16/h3-6,12,18H,7H2,1-2H3. The van der Waals surface area contributed by atoms with Crippen LogP contribution in [0.15, 0.2) is 28.1 Å². The number of benzene rings is 1. The van der Waals surface area contributed by atoms with Gasteiger partial charge in [0, 0.05) is 15.9 Å². The van der Waals surface area contributed by atoms with Gasteiger partial charge in [-0.05, 0) is 71.7 Å². The summed E-state index contributed by atoms with van der Waals surface area (Å²) in [6, 6.07) is 6.76. The van der Waals surface area contributed by atoms with E-state index in [1.54, 1.807) is 17.4 Å². The second kappa shape index (κ2) is 6.35. The molecule has 0 amide bonds. The van der Waals surface area contributed by atoms with E-state index < -0.39 is 0 Å². The molecular weight excluding hydrogens is 349 g/mol. The molecule has 1 aromatic carbocycles. The van der Waals surface area contributed by atoms with Gasteiger partial charge in [-0.2, -0.15) is 0 Å². The first-order chi connectivity index (χ1) is 9.01. The van der Waals surface area contributed by atoms with Crippen LogP contribution < -0.4 is 5.32 Å². The highest BCUT2D eigenvalue weighted by molar-refractivity contribution is 9.11. The van der Waals surface area contributed by atoms with E-state index in [4.69, 9.17) is 11.6 Å². The average Bonchev–Trinajstić information content (AvgIpc) is 2.70. The van der Waals surface area contributed by atoms with Crippen molar-refractivity contribution in [2.75, 3.05) is 7.05 Å². The van der Waals surface area contributed by atoms with Gasteiger partial charge in [-0.1, -0.05) is 11.6 Å². The van der Waals surface area contributed by atoms with Gasteiger partial charge in [0.15, 0.2) is 0 Å². The first kappa shape index (κ1) is 15.0. The lowest BCUT2D eigenvalue weighted by Crippen LogP contribution is -2.18. The van der Waals surface area contributed by atoms with Crippen molar-refractivity contribution >= 4 is 38.9 Å². The predicted octanol–water partition coefficient (Wildman–Crippen LogP) is 5.11. The molecule has 0 aliphatic rings. The van der Waals surface area contributed by atoms with E-state index in [1.165, 1.54) is 22.6 Å². The molecule has 0 spiro atoms. The Morgan fingerprint density at radius 1 is 1.42 bits per heavy atom. The molecule has 19 heavy (non-hydrogen) atoms. The van der Waals surface area contributed by atoms with Crippen molar-refractivity contribution < 1.29 is 4.39 Å². The fourth-order valence-corrected chi connectivity index (χ4v) is 3.80. The van der Waals surface area contributed by atoms with Gasteiger partial charge < -0.3 is 5.32 Å². The smallest absolute Gasteiger partial charge is 0.123 e. The third kappa shape index (κ3) is 3.57. The van der Waals surface area contributed by atoms with E-state index in [9.17, 15) is 4.39 Å². The van der Waals surface area contributed by atoms with E-state index in [-0.39, 0.29) is 11.9 Å². The summed E-state index contributed by atoms with van der Waals surface area (Å²) in [5.41, 5.74) is 2.04. The first-order valence-corrected chi connectivity index (χ1v) is 7.87. The predicted molar refractivity (Wildman–Crippen MR) is 83.7 cm³/mol. The molecule has 1 aromatic heterocycles. The van der Waals surface area contributed by atoms with Crippen molar-refractivity contribution in [1.29, 1.82) is 0 Å². The van der Waals surface area contributed by atoms with Crippen LogP contribution >= 0.6 is 38.9 Å². The van der Waals surface area contributed by atoms with Crippen LogP contribution in [0.25, 0.3) is 0 Å². The molecule has 2 aromatic rings. The second-order valence-electron chi connectivity index (χ2n) is 4.39. The summed E-state index contributed by atoms with van der Waals surface area (Å²) in [5.74, 6) is -0.252. The fourth-order valence-electron chi connectivity index (χ4n) is 1.92. The largest absolute Gasteiger partial charge is 0.312 e. The molecule has 1 N–H and O–H groups in total. The SMILES string of the molecule is CNC(Cc1cc(F)ccc1Cl)c1cc(C)c(Br)s1. The summed E-state index contributed by atoms with van der Waals surface area (Å²) < 4.78 is 14.4. The van der Waals surface area contributed by atoms with Crippen molar-refractivity contribution in [3.05, 3.63) is 54.9 Å². The highest BCUT2D eigenvalue weighted by atomic mass is 79.9. The molecule has 0 radical (unpaired) electrons. The monoisotopic (exact) mass is 361 g/mol. The quantitative estimate of drug-likeness (QED) is 0.796. The van der Waals surface area contributed by atoms with Crippen LogP contribution in [0.2, 0.25) is 5.02 Å². The molecule has 1 nitrogen and oxygen atoms in total. The molecule has 0 saturated carbocycles. The lowest BCUT2D eigenvalue weighted by molar-refractivity contribution is 0.592. The Hall–Kier alpha value is -0.420. The summed E-state index contributed by atoms with van der Waals surface area (Å²) >= 11 is 11.3. The maximum Gasteiger partial charge on any atom is 0.123 e. The molecular formula is C14H14BrClFNS. The molecule has 2 rings (SSSR count). The number of nitrogens with one attached hydrogen (secondary N) is 1. The second-order valence-corrected chi connectivity index (χ2v) is 7.20. The molecule has 0 aliphatic carbocycles. The van der Waals surface area contributed by atoms with E-state index in [0.717, 1.165) is 9.35 Å². The van der Waals surface area contributed by atoms with Crippen LogP contribution in [-0.4, -0.2) is 7.05 Å². The Bertz CT molecular complexity index is 565. The van der Waals surface area contributed by atoms with Crippen LogP contribution in [0, 0.1) is 12.7 Å². The summed E-state index contributed by atoms with van der Waals surface area (Å²) in [7, 11) is 1.90. The van der Waals surface area contributed by atoms with E-state index in [1.807, 2.05) is 7.05 Å². The number of hydrogen-bond acceptors (Lipinski definition) is 2. The van der Waals surface area contributed by atoms with Crippen LogP contribution in [0.3, 0.4) is 0 Å². The molecule has 5 heteroatoms. The molecule has 102 valence electrons. The van der Waals surface area contributed by atoms with Gasteiger partial charge in [0.2, 0.25) is 0 Å². The summed E-state index contributed by atoms with van der Waals surface area (Å²) in [6.45, 7) is 2.06. The molecule has 1 atom stereocenters. The van der Waals surface area contributed by atoms with Crippen LogP contribution in [0.5, 0.6) is 0 Å². The number of thiophene rings is 1. The molecule has 0 saturated heterocycles. The van der Waals surface area contributed by atoms with Gasteiger partial charge in [0.25, 0.3) is 0 Å². The van der Waals surface area contributed by atoms with Gasteiger partial charge >= 0.3 is 0 Å². The maximum absolute atomic E-state index is 13.3. The van der Waals surface area contributed by atoms with Crippen LogP contribution in [0.4, 0.5) is 4.39 Å². The molecule has 0 aliphatic heterocycles. The van der Waals surface area contributed by atoms with Gasteiger partial charge in [-0.3, -0.25) is 0 Å². The average molecular weight is 363 g/mol. The zero-order valence-corrected chi connectivity index (χ0v) is 13.8. The van der Waals surface area contributed by atoms with Crippen molar-refractivity contribution in [1.82, 2.24) is 5.32 Å². The zero-order valence-electron chi connectivity index (χ0n) is 10.6. The van der Waals surface area contributed by atoms with Gasteiger partial charge in [-0.25, -0.2) is 4.39 Å². The van der Waals surface area contributed by atoms with Gasteiger partial charge in [0.05, 0.1) is 3.79 Å². The summed E-state index contributed by atoms with van der Waals surface area (Å²) in [5, 5.41) is 3.87. The Labute approximate surface area is 129 Å². The minimum Gasteiger partial charge on any atom is -0.312 e. The Kier molecular flexibility index (Phi) is 5.01. The fraction of sp³-hybridized carbons (Fsp3) is 0.286. The van der Waals surface area contributed by atoms with Gasteiger partial charge in [-0.15, -0.1) is 11.3 Å². The Balaban J connectivity index is 2.26. The number of hydrogen-bond donors (Lipinski definition) is 1. The van der Waals surface area contributed by atoms with Crippen molar-refractivity contribution in [2.45, 2.75) is 19.4 Å². The minimum atomic E-state index is -0.252. The highest BCUT2D eigenvalue weighted by Gasteiger charge is 2.16. The van der Waals surface area contributed by atoms with Gasteiger partial charge in [0.1, 0.15) is 5.82 Å². The number of likely N-dealkylation sites (N-methyl/N-ethyl adjacent to an activating group) is 1. The van der Waals surface area contributed by atoms with Crippen molar-refractivity contribution in [2.24, 2.45) is 0 Å². The molecule has 0 bridgehead atoms. The number of aryl methyl sites for hydroxylation is 1. The van der Waals surface area contributed by atoms with Crippen LogP contribution in [0.1, 0.15) is 22.0 Å². The Morgan fingerprint density at radius 2 is 2.16 bits per heavy atom. The molecule has 0 fully saturated rings. The van der Waals surface area contributed by atoms with E-state index in [0.29, 0.717) is 11.4 Å². The first-order valence-electron chi connectivity index (χ1n) is 5.88. The Morgan fingerprint density at radius 3 is 2.74 bits per heavy atom. The van der Waals surface area contributed by atoms with Crippen LogP contribution in [-0.2, 0) is 6.42 Å². The number of halogens is 3. The molecule has 1 unspecified atom stereocenters. The van der Waals surface area contributed by atoms with E-state index >= 15 is 0 Å². The third-order valence-electron chi connectivity index (χ3n) is 3.00. The zero-order chi connectivity index (χ0) is 14.0. The van der Waals surface area contributed by atoms with Crippen molar-refractivity contribution in [3.63, 3.8) is 0 Å². The maximum atomic E-state index is 13.3. The lowest BCUT2D eigenvalue weighted by Gasteiger charge is -2.15. The topological polar surface area (TPSA) is 12.0 Å². The molecule has 1 heterocycles. The lowest BCUT2D eigenvalue weighted by atomic mass is 10.0. The van der Waals surface area contributed by atoms with Crippen molar-refractivity contribution in [3.8, 4) is 0 Å². The summed E-state index contributed by atoms with van der Waals surface area (Å²) in [6.07, 6.45) is 0.666. The summed E-state index contributed by atoms with van der Waals surface area (Å²) in [4.78, 5) is 1.22. The number of rotatable bonds is 4. The highest BCUT2D eigenvalue weighted by Crippen LogP contribution is 2.33. The normalized spacial score (nSPS) is 12.7. The third-order valence-corrected chi connectivity index (χ3v) is 5.62. The van der Waals surface area contributed by atoms with E-state index in [2.05, 4.69) is 34.2 Å². The minimum absolute atomic E-state index is 0.134.